The van der Waals surface area contributed by atoms with E-state index in [0.29, 0.717) is 6.04 Å². The second kappa shape index (κ2) is 7.04. The van der Waals surface area contributed by atoms with Gasteiger partial charge in [-0.2, -0.15) is 0 Å². The minimum absolute atomic E-state index is 0.571. The molecule has 0 saturated heterocycles. The average molecular weight is 283 g/mol. The number of aryl methyl sites for hydroxylation is 1. The molecular weight excluding hydrogens is 262 g/mol. The Morgan fingerprint density at radius 1 is 1.44 bits per heavy atom. The van der Waals surface area contributed by atoms with Crippen molar-refractivity contribution in [3.8, 4) is 0 Å². The van der Waals surface area contributed by atoms with Crippen molar-refractivity contribution in [2.24, 2.45) is 0 Å². The molecule has 18 heavy (non-hydrogen) atoms. The summed E-state index contributed by atoms with van der Waals surface area (Å²) in [6.07, 6.45) is 9.54. The lowest BCUT2D eigenvalue weighted by Crippen LogP contribution is -2.42. The Labute approximate surface area is 118 Å². The van der Waals surface area contributed by atoms with Crippen molar-refractivity contribution in [2.75, 3.05) is 0 Å². The van der Waals surface area contributed by atoms with Crippen LogP contribution >= 0.6 is 23.6 Å². The van der Waals surface area contributed by atoms with Crippen LogP contribution in [0.15, 0.2) is 6.20 Å². The topological polar surface area (TPSA) is 37.0 Å². The van der Waals surface area contributed by atoms with Crippen molar-refractivity contribution in [3.63, 3.8) is 0 Å². The first-order valence-corrected chi connectivity index (χ1v) is 7.98. The highest BCUT2D eigenvalue weighted by Crippen LogP contribution is 2.17. The molecule has 3 nitrogen and oxygen atoms in total. The summed E-state index contributed by atoms with van der Waals surface area (Å²) in [5.74, 6) is 0. The second-order valence-corrected chi connectivity index (χ2v) is 6.34. The highest BCUT2D eigenvalue weighted by Gasteiger charge is 2.13. The molecule has 1 heterocycles. The fourth-order valence-corrected chi connectivity index (χ4v) is 3.27. The lowest BCUT2D eigenvalue weighted by atomic mass is 9.96. The predicted octanol–water partition coefficient (Wildman–Crippen LogP) is 3.00. The number of thiocarbonyl (C=S) groups is 1. The molecule has 1 aromatic heterocycles. The number of nitrogens with one attached hydrogen (secondary N) is 2. The molecule has 5 heteroatoms. The van der Waals surface area contributed by atoms with Gasteiger partial charge in [0.25, 0.3) is 0 Å². The zero-order valence-electron chi connectivity index (χ0n) is 10.9. The molecule has 0 amide bonds. The first kappa shape index (κ1) is 13.7. The smallest absolute Gasteiger partial charge is 0.166 e. The Morgan fingerprint density at radius 3 is 2.89 bits per heavy atom. The maximum absolute atomic E-state index is 5.32. The summed E-state index contributed by atoms with van der Waals surface area (Å²) in [6.45, 7) is 2.89. The van der Waals surface area contributed by atoms with Gasteiger partial charge >= 0.3 is 0 Å². The van der Waals surface area contributed by atoms with Crippen LogP contribution < -0.4 is 10.6 Å². The SMILES string of the molecule is CCc1cnc(CNC(=S)NC2CCCCC2)s1. The molecule has 1 aromatic rings. The fraction of sp³-hybridized carbons (Fsp3) is 0.692. The number of aromatic nitrogens is 1. The van der Waals surface area contributed by atoms with Crippen LogP contribution in [0.1, 0.15) is 48.9 Å². The van der Waals surface area contributed by atoms with Crippen molar-refractivity contribution < 1.29 is 0 Å². The van der Waals surface area contributed by atoms with Gasteiger partial charge < -0.3 is 10.6 Å². The lowest BCUT2D eigenvalue weighted by Gasteiger charge is -2.24. The number of nitrogens with zero attached hydrogens (tertiary/aromatic N) is 1. The largest absolute Gasteiger partial charge is 0.360 e. The first-order chi connectivity index (χ1) is 8.78. The summed E-state index contributed by atoms with van der Waals surface area (Å²) in [5, 5.41) is 8.54. The van der Waals surface area contributed by atoms with Crippen LogP contribution in [0.4, 0.5) is 0 Å². The van der Waals surface area contributed by atoms with Gasteiger partial charge in [-0.3, -0.25) is 0 Å². The third-order valence-corrected chi connectivity index (χ3v) is 4.69. The molecule has 1 fully saturated rings. The number of rotatable bonds is 4. The van der Waals surface area contributed by atoms with Crippen LogP contribution in [0, 0.1) is 0 Å². The van der Waals surface area contributed by atoms with Gasteiger partial charge in [0, 0.05) is 17.1 Å². The molecule has 1 aliphatic rings. The van der Waals surface area contributed by atoms with E-state index in [0.717, 1.165) is 23.1 Å². The van der Waals surface area contributed by atoms with Gasteiger partial charge in [-0.15, -0.1) is 11.3 Å². The number of thiazole rings is 1. The van der Waals surface area contributed by atoms with Gasteiger partial charge in [0.15, 0.2) is 5.11 Å². The fourth-order valence-electron chi connectivity index (χ4n) is 2.23. The molecule has 0 atom stereocenters. The summed E-state index contributed by atoms with van der Waals surface area (Å²) in [5.41, 5.74) is 0. The van der Waals surface area contributed by atoms with E-state index < -0.39 is 0 Å². The molecule has 100 valence electrons. The van der Waals surface area contributed by atoms with Gasteiger partial charge in [-0.05, 0) is 31.5 Å². The van der Waals surface area contributed by atoms with E-state index >= 15 is 0 Å². The standard InChI is InChI=1S/C13H21N3S2/c1-2-11-8-14-12(18-11)9-15-13(17)16-10-6-4-3-5-7-10/h8,10H,2-7,9H2,1H3,(H2,15,16,17). The first-order valence-electron chi connectivity index (χ1n) is 6.76. The Morgan fingerprint density at radius 2 is 2.22 bits per heavy atom. The van der Waals surface area contributed by atoms with E-state index in [1.165, 1.54) is 37.0 Å². The van der Waals surface area contributed by atoms with Gasteiger partial charge in [-0.25, -0.2) is 4.98 Å². The Balaban J connectivity index is 1.70. The van der Waals surface area contributed by atoms with Crippen LogP contribution in [0.25, 0.3) is 0 Å². The van der Waals surface area contributed by atoms with Gasteiger partial charge in [0.05, 0.1) is 6.54 Å². The van der Waals surface area contributed by atoms with E-state index in [4.69, 9.17) is 12.2 Å². The van der Waals surface area contributed by atoms with Crippen molar-refractivity contribution >= 4 is 28.7 Å². The summed E-state index contributed by atoms with van der Waals surface area (Å²) >= 11 is 7.08. The normalized spacial score (nSPS) is 16.5. The molecule has 1 saturated carbocycles. The average Bonchev–Trinajstić information content (AvgIpc) is 2.85. The minimum Gasteiger partial charge on any atom is -0.360 e. The van der Waals surface area contributed by atoms with E-state index in [2.05, 4.69) is 22.5 Å². The summed E-state index contributed by atoms with van der Waals surface area (Å²) < 4.78 is 0. The van der Waals surface area contributed by atoms with Gasteiger partial charge in [-0.1, -0.05) is 26.2 Å². The molecule has 0 bridgehead atoms. The maximum Gasteiger partial charge on any atom is 0.166 e. The van der Waals surface area contributed by atoms with E-state index in [1.54, 1.807) is 11.3 Å². The van der Waals surface area contributed by atoms with Crippen LogP contribution in [-0.2, 0) is 13.0 Å². The summed E-state index contributed by atoms with van der Waals surface area (Å²) in [6, 6.07) is 0.571. The molecule has 1 aliphatic carbocycles. The van der Waals surface area contributed by atoms with Crippen LogP contribution in [0.2, 0.25) is 0 Å². The third-order valence-electron chi connectivity index (χ3n) is 3.29. The highest BCUT2D eigenvalue weighted by atomic mass is 32.1. The van der Waals surface area contributed by atoms with E-state index in [9.17, 15) is 0 Å². The molecule has 0 radical (unpaired) electrons. The monoisotopic (exact) mass is 283 g/mol. The van der Waals surface area contributed by atoms with Crippen LogP contribution in [-0.4, -0.2) is 16.1 Å². The molecule has 2 rings (SSSR count). The highest BCUT2D eigenvalue weighted by molar-refractivity contribution is 7.80. The maximum atomic E-state index is 5.32. The second-order valence-electron chi connectivity index (χ2n) is 4.74. The van der Waals surface area contributed by atoms with Gasteiger partial charge in [0.1, 0.15) is 5.01 Å². The van der Waals surface area contributed by atoms with E-state index in [-0.39, 0.29) is 0 Å². The number of hydrogen-bond donors (Lipinski definition) is 2. The number of hydrogen-bond acceptors (Lipinski definition) is 3. The van der Waals surface area contributed by atoms with Crippen LogP contribution in [0.3, 0.4) is 0 Å². The molecule has 0 aliphatic heterocycles. The Bertz CT molecular complexity index is 383. The lowest BCUT2D eigenvalue weighted by molar-refractivity contribution is 0.412. The third kappa shape index (κ3) is 4.21. The minimum atomic E-state index is 0.571. The molecule has 0 spiro atoms. The zero-order valence-corrected chi connectivity index (χ0v) is 12.5. The predicted molar refractivity (Wildman–Crippen MR) is 80.9 cm³/mol. The quantitative estimate of drug-likeness (QED) is 0.833. The summed E-state index contributed by atoms with van der Waals surface area (Å²) in [4.78, 5) is 5.71. The Hall–Kier alpha value is -0.680. The molecule has 0 aromatic carbocycles. The van der Waals surface area contributed by atoms with E-state index in [1.807, 2.05) is 6.20 Å². The molecule has 0 unspecified atom stereocenters. The molecular formula is C13H21N3S2. The molecule has 2 N–H and O–H groups in total. The van der Waals surface area contributed by atoms with Crippen molar-refractivity contribution in [3.05, 3.63) is 16.1 Å². The van der Waals surface area contributed by atoms with Crippen LogP contribution in [0.5, 0.6) is 0 Å². The Kier molecular flexibility index (Phi) is 5.38. The van der Waals surface area contributed by atoms with Crippen molar-refractivity contribution in [2.45, 2.75) is 58.0 Å². The zero-order chi connectivity index (χ0) is 12.8. The van der Waals surface area contributed by atoms with Gasteiger partial charge in [0.2, 0.25) is 0 Å². The van der Waals surface area contributed by atoms with Crippen molar-refractivity contribution in [1.82, 2.24) is 15.6 Å². The van der Waals surface area contributed by atoms with Crippen molar-refractivity contribution in [1.29, 1.82) is 0 Å². The summed E-state index contributed by atoms with van der Waals surface area (Å²) in [7, 11) is 0.